The zero-order chi connectivity index (χ0) is 20.5. The summed E-state index contributed by atoms with van der Waals surface area (Å²) in [5.74, 6) is 0.0364. The number of aliphatic hydroxyl groups is 1. The normalized spacial score (nSPS) is 21.2. The highest BCUT2D eigenvalue weighted by Crippen LogP contribution is 2.39. The topological polar surface area (TPSA) is 67.8 Å². The lowest BCUT2D eigenvalue weighted by molar-refractivity contribution is -0.166. The Morgan fingerprint density at radius 1 is 1.10 bits per heavy atom. The molecule has 0 unspecified atom stereocenters. The molecule has 0 fully saturated rings. The number of ether oxygens (including phenoxy) is 2. The Morgan fingerprint density at radius 3 is 2.45 bits per heavy atom. The van der Waals surface area contributed by atoms with Gasteiger partial charge in [0.1, 0.15) is 0 Å². The first-order chi connectivity index (χ1) is 14.2. The quantitative estimate of drug-likeness (QED) is 0.679. The van der Waals surface area contributed by atoms with Crippen molar-refractivity contribution in [3.8, 4) is 0 Å². The fourth-order valence-electron chi connectivity index (χ4n) is 3.69. The van der Waals surface area contributed by atoms with Gasteiger partial charge >= 0.3 is 0 Å². The first-order valence-corrected chi connectivity index (χ1v) is 10.2. The van der Waals surface area contributed by atoms with Gasteiger partial charge in [-0.2, -0.15) is 0 Å². The van der Waals surface area contributed by atoms with Crippen molar-refractivity contribution < 1.29 is 19.4 Å². The van der Waals surface area contributed by atoms with Gasteiger partial charge in [-0.3, -0.25) is 4.79 Å². The number of rotatable bonds is 9. The summed E-state index contributed by atoms with van der Waals surface area (Å²) in [6.07, 6.45) is 2.77. The van der Waals surface area contributed by atoms with Crippen LogP contribution in [-0.4, -0.2) is 30.5 Å². The summed E-state index contributed by atoms with van der Waals surface area (Å²) < 4.78 is 11.8. The number of aliphatic hydroxyl groups excluding tert-OH is 1. The van der Waals surface area contributed by atoms with E-state index < -0.39 is 6.29 Å². The first kappa shape index (κ1) is 21.1. The van der Waals surface area contributed by atoms with Crippen molar-refractivity contribution in [1.82, 2.24) is 5.32 Å². The van der Waals surface area contributed by atoms with Crippen molar-refractivity contribution >= 4 is 5.91 Å². The molecule has 1 heterocycles. The van der Waals surface area contributed by atoms with Crippen molar-refractivity contribution in [2.45, 2.75) is 38.5 Å². The summed E-state index contributed by atoms with van der Waals surface area (Å²) in [7, 11) is 0. The number of amides is 1. The molecule has 3 atom stereocenters. The van der Waals surface area contributed by atoms with E-state index in [0.29, 0.717) is 19.6 Å². The molecule has 1 amide bonds. The monoisotopic (exact) mass is 395 g/mol. The summed E-state index contributed by atoms with van der Waals surface area (Å²) in [4.78, 5) is 12.8. The van der Waals surface area contributed by atoms with Crippen LogP contribution in [0.4, 0.5) is 0 Å². The molecule has 1 aliphatic heterocycles. The van der Waals surface area contributed by atoms with Crippen molar-refractivity contribution in [2.75, 3.05) is 13.2 Å². The van der Waals surface area contributed by atoms with Crippen LogP contribution in [0.25, 0.3) is 0 Å². The van der Waals surface area contributed by atoms with Gasteiger partial charge < -0.3 is 19.9 Å². The van der Waals surface area contributed by atoms with E-state index in [1.807, 2.05) is 61.5 Å². The summed E-state index contributed by atoms with van der Waals surface area (Å²) in [5.41, 5.74) is 2.14. The molecule has 0 saturated carbocycles. The van der Waals surface area contributed by atoms with E-state index in [9.17, 15) is 9.90 Å². The number of allylic oxidation sites excluding steroid dienone is 1. The van der Waals surface area contributed by atoms with Gasteiger partial charge in [-0.1, -0.05) is 60.7 Å². The molecule has 5 heteroatoms. The van der Waals surface area contributed by atoms with Gasteiger partial charge in [-0.25, -0.2) is 0 Å². The lowest BCUT2D eigenvalue weighted by Crippen LogP contribution is -2.38. The standard InChI is InChI=1S/C24H29NO4/c1-2-28-24-20(14-9-15-26)21(19-12-7-4-8-13-19)16-22(29-24)23(27)25-17-18-10-5-3-6-11-18/h3-8,10-13,16,20-21,24,26H,2,9,14-15,17H2,1H3,(H,25,27)/t20-,21+,24+/m1/s1. The maximum Gasteiger partial charge on any atom is 0.286 e. The summed E-state index contributed by atoms with van der Waals surface area (Å²) >= 11 is 0. The Hall–Kier alpha value is -2.63. The minimum Gasteiger partial charge on any atom is -0.459 e. The van der Waals surface area contributed by atoms with Gasteiger partial charge in [-0.05, 0) is 37.0 Å². The van der Waals surface area contributed by atoms with Gasteiger partial charge in [0.05, 0.1) is 0 Å². The van der Waals surface area contributed by atoms with E-state index in [1.165, 1.54) is 0 Å². The molecule has 29 heavy (non-hydrogen) atoms. The SMILES string of the molecule is CCO[C@H]1OC(C(=O)NCc2ccccc2)=C[C@@H](c2ccccc2)[C@H]1CCCO. The third-order valence-corrected chi connectivity index (χ3v) is 5.12. The molecule has 0 saturated heterocycles. The minimum absolute atomic E-state index is 0.0227. The average molecular weight is 395 g/mol. The van der Waals surface area contributed by atoms with Crippen molar-refractivity contribution in [3.05, 3.63) is 83.6 Å². The number of carbonyl (C=O) groups excluding carboxylic acids is 1. The number of nitrogens with one attached hydrogen (secondary N) is 1. The molecule has 0 radical (unpaired) electrons. The molecular formula is C24H29NO4. The van der Waals surface area contributed by atoms with Crippen LogP contribution < -0.4 is 5.32 Å². The molecule has 0 bridgehead atoms. The zero-order valence-electron chi connectivity index (χ0n) is 16.8. The predicted octanol–water partition coefficient (Wildman–Crippen LogP) is 3.75. The molecule has 2 aromatic carbocycles. The largest absolute Gasteiger partial charge is 0.459 e. The Balaban J connectivity index is 1.83. The smallest absolute Gasteiger partial charge is 0.286 e. The molecule has 0 aliphatic carbocycles. The molecule has 1 aliphatic rings. The summed E-state index contributed by atoms with van der Waals surface area (Å²) in [5, 5.41) is 12.3. The first-order valence-electron chi connectivity index (χ1n) is 10.2. The highest BCUT2D eigenvalue weighted by molar-refractivity contribution is 5.91. The van der Waals surface area contributed by atoms with Crippen molar-refractivity contribution in [2.24, 2.45) is 5.92 Å². The second kappa shape index (κ2) is 10.8. The lowest BCUT2D eigenvalue weighted by atomic mass is 9.80. The molecule has 0 aromatic heterocycles. The van der Waals surface area contributed by atoms with E-state index >= 15 is 0 Å². The predicted molar refractivity (Wildman–Crippen MR) is 112 cm³/mol. The number of hydrogen-bond donors (Lipinski definition) is 2. The fourth-order valence-corrected chi connectivity index (χ4v) is 3.69. The molecular weight excluding hydrogens is 366 g/mol. The maximum absolute atomic E-state index is 12.8. The van der Waals surface area contributed by atoms with Gasteiger partial charge in [0, 0.05) is 31.6 Å². The highest BCUT2D eigenvalue weighted by atomic mass is 16.7. The molecule has 154 valence electrons. The van der Waals surface area contributed by atoms with E-state index in [4.69, 9.17) is 9.47 Å². The number of benzene rings is 2. The summed E-state index contributed by atoms with van der Waals surface area (Å²) in [6.45, 7) is 2.95. The van der Waals surface area contributed by atoms with Crippen LogP contribution in [-0.2, 0) is 20.8 Å². The average Bonchev–Trinajstić information content (AvgIpc) is 2.77. The maximum atomic E-state index is 12.8. The van der Waals surface area contributed by atoms with Crippen LogP contribution in [0.2, 0.25) is 0 Å². The van der Waals surface area contributed by atoms with Crippen LogP contribution >= 0.6 is 0 Å². The molecule has 2 N–H and O–H groups in total. The lowest BCUT2D eigenvalue weighted by Gasteiger charge is -2.37. The van der Waals surface area contributed by atoms with Crippen molar-refractivity contribution in [1.29, 1.82) is 0 Å². The highest BCUT2D eigenvalue weighted by Gasteiger charge is 2.37. The van der Waals surface area contributed by atoms with E-state index in [2.05, 4.69) is 17.4 Å². The third-order valence-electron chi connectivity index (χ3n) is 5.12. The molecule has 3 rings (SSSR count). The van der Waals surface area contributed by atoms with Crippen LogP contribution in [0.3, 0.4) is 0 Å². The van der Waals surface area contributed by atoms with E-state index in [1.54, 1.807) is 0 Å². The van der Waals surface area contributed by atoms with Gasteiger partial charge in [0.2, 0.25) is 6.29 Å². The van der Waals surface area contributed by atoms with Gasteiger partial charge in [0.25, 0.3) is 5.91 Å². The van der Waals surface area contributed by atoms with Crippen LogP contribution in [0.15, 0.2) is 72.5 Å². The van der Waals surface area contributed by atoms with E-state index in [-0.39, 0.29) is 30.1 Å². The van der Waals surface area contributed by atoms with Crippen LogP contribution in [0.5, 0.6) is 0 Å². The molecule has 0 spiro atoms. The molecule has 2 aromatic rings. The van der Waals surface area contributed by atoms with Gasteiger partial charge in [-0.15, -0.1) is 0 Å². The molecule has 5 nitrogen and oxygen atoms in total. The van der Waals surface area contributed by atoms with Gasteiger partial charge in [0.15, 0.2) is 5.76 Å². The van der Waals surface area contributed by atoms with Crippen LogP contribution in [0, 0.1) is 5.92 Å². The van der Waals surface area contributed by atoms with E-state index in [0.717, 1.165) is 17.5 Å². The Bertz CT molecular complexity index is 791. The third kappa shape index (κ3) is 5.68. The van der Waals surface area contributed by atoms with Crippen molar-refractivity contribution in [3.63, 3.8) is 0 Å². The summed E-state index contributed by atoms with van der Waals surface area (Å²) in [6, 6.07) is 19.8. The second-order valence-corrected chi connectivity index (χ2v) is 7.11. The number of hydrogen-bond acceptors (Lipinski definition) is 4. The minimum atomic E-state index is -0.528. The Labute approximate surface area is 172 Å². The Morgan fingerprint density at radius 2 is 1.79 bits per heavy atom. The second-order valence-electron chi connectivity index (χ2n) is 7.11. The number of carbonyl (C=O) groups is 1. The fraction of sp³-hybridized carbons (Fsp3) is 0.375. The van der Waals surface area contributed by atoms with Crippen LogP contribution in [0.1, 0.15) is 36.8 Å². The zero-order valence-corrected chi connectivity index (χ0v) is 16.8. The Kier molecular flexibility index (Phi) is 7.85.